The van der Waals surface area contributed by atoms with Crippen LogP contribution in [0.25, 0.3) is 11.1 Å². The lowest BCUT2D eigenvalue weighted by Gasteiger charge is -2.14. The first-order valence-corrected chi connectivity index (χ1v) is 7.03. The Balaban J connectivity index is 2.02. The van der Waals surface area contributed by atoms with Gasteiger partial charge in [0.25, 0.3) is 0 Å². The molecule has 1 fully saturated rings. The number of nitrogens with one attached hydrogen (secondary N) is 1. The standard InChI is InChI=1S/C17H17F2NO/c1-21-17-7-4-13(19)9-16(17)15-8-12(18)3-2-11(15)10-20-14-5-6-14/h2-4,7-9,14,20H,5-6,10H2,1H3. The minimum Gasteiger partial charge on any atom is -0.496 e. The van der Waals surface area contributed by atoms with Crippen molar-refractivity contribution in [1.82, 2.24) is 5.32 Å². The average molecular weight is 289 g/mol. The van der Waals surface area contributed by atoms with E-state index < -0.39 is 0 Å². The fourth-order valence-electron chi connectivity index (χ4n) is 2.39. The van der Waals surface area contributed by atoms with Gasteiger partial charge in [-0.25, -0.2) is 8.78 Å². The van der Waals surface area contributed by atoms with E-state index in [1.807, 2.05) is 0 Å². The van der Waals surface area contributed by atoms with Gasteiger partial charge in [0.1, 0.15) is 17.4 Å². The van der Waals surface area contributed by atoms with Crippen molar-refractivity contribution in [3.05, 3.63) is 53.6 Å². The van der Waals surface area contributed by atoms with E-state index in [0.29, 0.717) is 29.5 Å². The SMILES string of the molecule is COc1ccc(F)cc1-c1cc(F)ccc1CNC1CC1. The lowest BCUT2D eigenvalue weighted by molar-refractivity contribution is 0.415. The minimum absolute atomic E-state index is 0.341. The number of benzene rings is 2. The number of hydrogen-bond acceptors (Lipinski definition) is 2. The Morgan fingerprint density at radius 1 is 1.05 bits per heavy atom. The van der Waals surface area contributed by atoms with Crippen LogP contribution in [0.2, 0.25) is 0 Å². The van der Waals surface area contributed by atoms with Crippen LogP contribution in [0.5, 0.6) is 5.75 Å². The van der Waals surface area contributed by atoms with E-state index in [-0.39, 0.29) is 11.6 Å². The summed E-state index contributed by atoms with van der Waals surface area (Å²) in [6.07, 6.45) is 2.36. The summed E-state index contributed by atoms with van der Waals surface area (Å²) in [6.45, 7) is 0.639. The van der Waals surface area contributed by atoms with Gasteiger partial charge >= 0.3 is 0 Å². The molecule has 21 heavy (non-hydrogen) atoms. The van der Waals surface area contributed by atoms with Crippen LogP contribution < -0.4 is 10.1 Å². The van der Waals surface area contributed by atoms with E-state index in [4.69, 9.17) is 4.74 Å². The van der Waals surface area contributed by atoms with Gasteiger partial charge < -0.3 is 10.1 Å². The lowest BCUT2D eigenvalue weighted by Crippen LogP contribution is -2.16. The molecule has 0 unspecified atom stereocenters. The molecule has 0 radical (unpaired) electrons. The third-order valence-electron chi connectivity index (χ3n) is 3.68. The zero-order chi connectivity index (χ0) is 14.8. The molecule has 0 saturated heterocycles. The highest BCUT2D eigenvalue weighted by Crippen LogP contribution is 2.34. The van der Waals surface area contributed by atoms with Gasteiger partial charge in [-0.3, -0.25) is 0 Å². The van der Waals surface area contributed by atoms with Crippen LogP contribution in [0.15, 0.2) is 36.4 Å². The van der Waals surface area contributed by atoms with Crippen LogP contribution in [-0.4, -0.2) is 13.2 Å². The molecule has 110 valence electrons. The van der Waals surface area contributed by atoms with E-state index in [1.165, 1.54) is 44.2 Å². The van der Waals surface area contributed by atoms with Gasteiger partial charge in [-0.05, 0) is 54.3 Å². The predicted molar refractivity (Wildman–Crippen MR) is 78.2 cm³/mol. The maximum Gasteiger partial charge on any atom is 0.126 e. The molecule has 1 aliphatic carbocycles. The molecule has 2 nitrogen and oxygen atoms in total. The molecular weight excluding hydrogens is 272 g/mol. The van der Waals surface area contributed by atoms with Crippen LogP contribution in [0, 0.1) is 11.6 Å². The summed E-state index contributed by atoms with van der Waals surface area (Å²) in [5.41, 5.74) is 2.18. The van der Waals surface area contributed by atoms with Crippen molar-refractivity contribution < 1.29 is 13.5 Å². The first-order chi connectivity index (χ1) is 10.2. The molecule has 1 saturated carbocycles. The van der Waals surface area contributed by atoms with Crippen molar-refractivity contribution in [1.29, 1.82) is 0 Å². The van der Waals surface area contributed by atoms with Gasteiger partial charge in [0.2, 0.25) is 0 Å². The number of halogens is 2. The maximum absolute atomic E-state index is 13.6. The second-order valence-electron chi connectivity index (χ2n) is 5.30. The van der Waals surface area contributed by atoms with Crippen molar-refractivity contribution in [2.45, 2.75) is 25.4 Å². The molecule has 3 rings (SSSR count). The van der Waals surface area contributed by atoms with E-state index in [1.54, 1.807) is 12.1 Å². The molecule has 2 aromatic rings. The fraction of sp³-hybridized carbons (Fsp3) is 0.294. The lowest BCUT2D eigenvalue weighted by atomic mass is 9.98. The number of hydrogen-bond donors (Lipinski definition) is 1. The summed E-state index contributed by atoms with van der Waals surface area (Å²) in [5.74, 6) is -0.169. The zero-order valence-electron chi connectivity index (χ0n) is 11.8. The highest BCUT2D eigenvalue weighted by atomic mass is 19.1. The van der Waals surface area contributed by atoms with Crippen LogP contribution >= 0.6 is 0 Å². The Morgan fingerprint density at radius 3 is 2.38 bits per heavy atom. The Labute approximate surface area is 122 Å². The Kier molecular flexibility index (Phi) is 3.88. The molecule has 0 atom stereocenters. The quantitative estimate of drug-likeness (QED) is 0.901. The molecule has 2 aromatic carbocycles. The normalized spacial score (nSPS) is 14.2. The van der Waals surface area contributed by atoms with Crippen LogP contribution in [0.4, 0.5) is 8.78 Å². The average Bonchev–Trinajstić information content (AvgIpc) is 3.30. The van der Waals surface area contributed by atoms with Gasteiger partial charge in [-0.1, -0.05) is 6.07 Å². The highest BCUT2D eigenvalue weighted by Gasteiger charge is 2.21. The van der Waals surface area contributed by atoms with Crippen molar-refractivity contribution >= 4 is 0 Å². The monoisotopic (exact) mass is 289 g/mol. The molecule has 0 aromatic heterocycles. The molecule has 0 heterocycles. The summed E-state index contributed by atoms with van der Waals surface area (Å²) >= 11 is 0. The Bertz CT molecular complexity index is 653. The molecule has 0 aliphatic heterocycles. The summed E-state index contributed by atoms with van der Waals surface area (Å²) in [4.78, 5) is 0. The number of methoxy groups -OCH3 is 1. The summed E-state index contributed by atoms with van der Waals surface area (Å²) in [5, 5.41) is 3.40. The van der Waals surface area contributed by atoms with E-state index in [9.17, 15) is 8.78 Å². The number of ether oxygens (including phenoxy) is 1. The van der Waals surface area contributed by atoms with Gasteiger partial charge in [-0.2, -0.15) is 0 Å². The smallest absolute Gasteiger partial charge is 0.126 e. The van der Waals surface area contributed by atoms with Crippen LogP contribution in [0.3, 0.4) is 0 Å². The summed E-state index contributed by atoms with van der Waals surface area (Å²) in [7, 11) is 1.53. The summed E-state index contributed by atoms with van der Waals surface area (Å²) < 4.78 is 32.5. The van der Waals surface area contributed by atoms with E-state index in [2.05, 4.69) is 5.32 Å². The molecule has 4 heteroatoms. The number of rotatable bonds is 5. The first-order valence-electron chi connectivity index (χ1n) is 7.03. The van der Waals surface area contributed by atoms with E-state index >= 15 is 0 Å². The molecule has 0 amide bonds. The van der Waals surface area contributed by atoms with Crippen LogP contribution in [-0.2, 0) is 6.54 Å². The summed E-state index contributed by atoms with van der Waals surface area (Å²) in [6, 6.07) is 9.44. The Hall–Kier alpha value is -1.94. The third kappa shape index (κ3) is 3.22. The van der Waals surface area contributed by atoms with E-state index in [0.717, 1.165) is 5.56 Å². The molecule has 1 N–H and O–H groups in total. The predicted octanol–water partition coefficient (Wildman–Crippen LogP) is 3.89. The largest absolute Gasteiger partial charge is 0.496 e. The topological polar surface area (TPSA) is 21.3 Å². The van der Waals surface area contributed by atoms with Crippen molar-refractivity contribution in [2.24, 2.45) is 0 Å². The minimum atomic E-state index is -0.365. The maximum atomic E-state index is 13.6. The van der Waals surface area contributed by atoms with Gasteiger partial charge in [0.15, 0.2) is 0 Å². The zero-order valence-corrected chi connectivity index (χ0v) is 11.8. The molecular formula is C17H17F2NO. The fourth-order valence-corrected chi connectivity index (χ4v) is 2.39. The third-order valence-corrected chi connectivity index (χ3v) is 3.68. The van der Waals surface area contributed by atoms with Crippen molar-refractivity contribution in [3.8, 4) is 16.9 Å². The Morgan fingerprint density at radius 2 is 1.71 bits per heavy atom. The van der Waals surface area contributed by atoms with Gasteiger partial charge in [0, 0.05) is 18.2 Å². The van der Waals surface area contributed by atoms with Crippen LogP contribution in [0.1, 0.15) is 18.4 Å². The molecule has 0 spiro atoms. The highest BCUT2D eigenvalue weighted by molar-refractivity contribution is 5.73. The second-order valence-corrected chi connectivity index (χ2v) is 5.30. The first kappa shape index (κ1) is 14.0. The van der Waals surface area contributed by atoms with Crippen molar-refractivity contribution in [2.75, 3.05) is 7.11 Å². The second kappa shape index (κ2) is 5.82. The van der Waals surface area contributed by atoms with Gasteiger partial charge in [0.05, 0.1) is 7.11 Å². The molecule has 0 bridgehead atoms. The van der Waals surface area contributed by atoms with Gasteiger partial charge in [-0.15, -0.1) is 0 Å². The molecule has 1 aliphatic rings. The van der Waals surface area contributed by atoms with Crippen molar-refractivity contribution in [3.63, 3.8) is 0 Å².